The van der Waals surface area contributed by atoms with Gasteiger partial charge in [-0.15, -0.1) is 0 Å². The normalized spacial score (nSPS) is 14.8. The van der Waals surface area contributed by atoms with E-state index >= 15 is 0 Å². The van der Waals surface area contributed by atoms with Crippen LogP contribution >= 0.6 is 0 Å². The number of nitrogens with two attached hydrogens (primary N) is 1. The first kappa shape index (κ1) is 9.92. The van der Waals surface area contributed by atoms with Gasteiger partial charge in [-0.3, -0.25) is 4.90 Å². The van der Waals surface area contributed by atoms with E-state index in [4.69, 9.17) is 10.5 Å². The molecule has 80 valence electrons. The van der Waals surface area contributed by atoms with Crippen molar-refractivity contribution in [2.75, 3.05) is 18.0 Å². The van der Waals surface area contributed by atoms with E-state index < -0.39 is 6.09 Å². The first-order valence-electron chi connectivity index (χ1n) is 4.65. The zero-order valence-electron chi connectivity index (χ0n) is 8.07. The summed E-state index contributed by atoms with van der Waals surface area (Å²) >= 11 is 0. The fourth-order valence-corrected chi connectivity index (χ4v) is 1.59. The number of rotatable bonds is 2. The average molecular weight is 210 g/mol. The van der Waals surface area contributed by atoms with E-state index in [0.717, 1.165) is 0 Å². The number of halogens is 1. The van der Waals surface area contributed by atoms with E-state index in [1.807, 2.05) is 0 Å². The minimum absolute atomic E-state index is 0.118. The maximum atomic E-state index is 12.9. The SMILES string of the molecule is NCCN1C(=O)OCc2cc(F)ccc21. The molecule has 1 aromatic rings. The molecule has 1 aliphatic heterocycles. The monoisotopic (exact) mass is 210 g/mol. The van der Waals surface area contributed by atoms with E-state index in [-0.39, 0.29) is 12.4 Å². The molecule has 0 saturated heterocycles. The summed E-state index contributed by atoms with van der Waals surface area (Å²) in [6.07, 6.45) is -0.431. The first-order valence-corrected chi connectivity index (χ1v) is 4.65. The molecule has 0 aliphatic carbocycles. The van der Waals surface area contributed by atoms with Crippen molar-refractivity contribution in [2.24, 2.45) is 5.73 Å². The number of benzene rings is 1. The van der Waals surface area contributed by atoms with Crippen molar-refractivity contribution in [3.63, 3.8) is 0 Å². The summed E-state index contributed by atoms with van der Waals surface area (Å²) in [5.74, 6) is -0.334. The summed E-state index contributed by atoms with van der Waals surface area (Å²) in [4.78, 5) is 12.8. The number of hydrogen-bond donors (Lipinski definition) is 1. The number of carbonyl (C=O) groups excluding carboxylic acids is 1. The molecule has 1 aromatic carbocycles. The third-order valence-corrected chi connectivity index (χ3v) is 2.26. The average Bonchev–Trinajstić information content (AvgIpc) is 2.22. The molecule has 0 aromatic heterocycles. The number of carbonyl (C=O) groups is 1. The molecule has 1 heterocycles. The second-order valence-electron chi connectivity index (χ2n) is 3.27. The number of ether oxygens (including phenoxy) is 1. The Labute approximate surface area is 86.4 Å². The molecule has 0 unspecified atom stereocenters. The van der Waals surface area contributed by atoms with Crippen LogP contribution in [0.2, 0.25) is 0 Å². The lowest BCUT2D eigenvalue weighted by atomic mass is 10.1. The number of nitrogens with zero attached hydrogens (tertiary/aromatic N) is 1. The van der Waals surface area contributed by atoms with Crippen LogP contribution in [0, 0.1) is 5.82 Å². The van der Waals surface area contributed by atoms with Crippen LogP contribution in [0.1, 0.15) is 5.56 Å². The molecule has 0 bridgehead atoms. The smallest absolute Gasteiger partial charge is 0.414 e. The van der Waals surface area contributed by atoms with Gasteiger partial charge in [0, 0.05) is 18.7 Å². The van der Waals surface area contributed by atoms with E-state index in [9.17, 15) is 9.18 Å². The highest BCUT2D eigenvalue weighted by Crippen LogP contribution is 2.27. The van der Waals surface area contributed by atoms with Gasteiger partial charge < -0.3 is 10.5 Å². The highest BCUT2D eigenvalue weighted by Gasteiger charge is 2.24. The third-order valence-electron chi connectivity index (χ3n) is 2.26. The largest absolute Gasteiger partial charge is 0.444 e. The molecule has 15 heavy (non-hydrogen) atoms. The number of anilines is 1. The van der Waals surface area contributed by atoms with Gasteiger partial charge in [0.1, 0.15) is 12.4 Å². The molecule has 1 aliphatic rings. The number of fused-ring (bicyclic) bond motifs is 1. The Bertz CT molecular complexity index is 395. The second kappa shape index (κ2) is 3.86. The quantitative estimate of drug-likeness (QED) is 0.799. The molecular weight excluding hydrogens is 199 g/mol. The molecule has 4 nitrogen and oxygen atoms in total. The van der Waals surface area contributed by atoms with Crippen LogP contribution in [0.15, 0.2) is 18.2 Å². The van der Waals surface area contributed by atoms with Gasteiger partial charge in [-0.1, -0.05) is 0 Å². The van der Waals surface area contributed by atoms with Crippen molar-refractivity contribution in [1.29, 1.82) is 0 Å². The Morgan fingerprint density at radius 3 is 3.07 bits per heavy atom. The van der Waals surface area contributed by atoms with Gasteiger partial charge in [0.25, 0.3) is 0 Å². The van der Waals surface area contributed by atoms with Crippen LogP contribution in [-0.4, -0.2) is 19.2 Å². The van der Waals surface area contributed by atoms with Gasteiger partial charge in [0.2, 0.25) is 0 Å². The molecule has 5 heteroatoms. The highest BCUT2D eigenvalue weighted by molar-refractivity contribution is 5.90. The number of cyclic esters (lactones) is 1. The first-order chi connectivity index (χ1) is 7.22. The van der Waals surface area contributed by atoms with Gasteiger partial charge in [-0.25, -0.2) is 9.18 Å². The fraction of sp³-hybridized carbons (Fsp3) is 0.300. The van der Waals surface area contributed by atoms with Gasteiger partial charge in [0.15, 0.2) is 0 Å². The molecule has 2 N–H and O–H groups in total. The maximum Gasteiger partial charge on any atom is 0.414 e. The summed E-state index contributed by atoms with van der Waals surface area (Å²) < 4.78 is 17.8. The Morgan fingerprint density at radius 2 is 2.33 bits per heavy atom. The van der Waals surface area contributed by atoms with Crippen LogP contribution < -0.4 is 10.6 Å². The number of hydrogen-bond acceptors (Lipinski definition) is 3. The van der Waals surface area contributed by atoms with E-state index in [1.165, 1.54) is 17.0 Å². The van der Waals surface area contributed by atoms with Crippen LogP contribution in [0.3, 0.4) is 0 Å². The lowest BCUT2D eigenvalue weighted by molar-refractivity contribution is 0.142. The van der Waals surface area contributed by atoms with E-state index in [0.29, 0.717) is 24.3 Å². The van der Waals surface area contributed by atoms with Crippen molar-refractivity contribution >= 4 is 11.8 Å². The van der Waals surface area contributed by atoms with Crippen LogP contribution in [0.4, 0.5) is 14.9 Å². The van der Waals surface area contributed by atoms with Crippen molar-refractivity contribution in [1.82, 2.24) is 0 Å². The van der Waals surface area contributed by atoms with E-state index in [2.05, 4.69) is 0 Å². The molecule has 0 radical (unpaired) electrons. The van der Waals surface area contributed by atoms with Gasteiger partial charge in [0.05, 0.1) is 5.69 Å². The van der Waals surface area contributed by atoms with Gasteiger partial charge in [-0.05, 0) is 18.2 Å². The van der Waals surface area contributed by atoms with Crippen molar-refractivity contribution in [3.05, 3.63) is 29.6 Å². The Hall–Kier alpha value is -1.62. The maximum absolute atomic E-state index is 12.9. The standard InChI is InChI=1S/C10H11FN2O2/c11-8-1-2-9-7(5-8)6-15-10(14)13(9)4-3-12/h1-2,5H,3-4,6,12H2. The Balaban J connectivity index is 2.39. The summed E-state index contributed by atoms with van der Waals surface area (Å²) in [7, 11) is 0. The molecule has 0 atom stereocenters. The third kappa shape index (κ3) is 1.78. The summed E-state index contributed by atoms with van der Waals surface area (Å²) in [5, 5.41) is 0. The van der Waals surface area contributed by atoms with Crippen LogP contribution in [0.25, 0.3) is 0 Å². The Morgan fingerprint density at radius 1 is 1.53 bits per heavy atom. The zero-order chi connectivity index (χ0) is 10.8. The van der Waals surface area contributed by atoms with Gasteiger partial charge >= 0.3 is 6.09 Å². The predicted octanol–water partition coefficient (Wildman–Crippen LogP) is 1.24. The summed E-state index contributed by atoms with van der Waals surface area (Å²) in [5.41, 5.74) is 6.73. The molecule has 0 fully saturated rings. The highest BCUT2D eigenvalue weighted by atomic mass is 19.1. The van der Waals surface area contributed by atoms with E-state index in [1.54, 1.807) is 6.07 Å². The molecule has 1 amide bonds. The fourth-order valence-electron chi connectivity index (χ4n) is 1.59. The predicted molar refractivity (Wildman–Crippen MR) is 53.0 cm³/mol. The Kier molecular flexibility index (Phi) is 2.55. The van der Waals surface area contributed by atoms with Gasteiger partial charge in [-0.2, -0.15) is 0 Å². The van der Waals surface area contributed by atoms with Crippen molar-refractivity contribution < 1.29 is 13.9 Å². The molecule has 0 saturated carbocycles. The van der Waals surface area contributed by atoms with Crippen molar-refractivity contribution in [3.8, 4) is 0 Å². The van der Waals surface area contributed by atoms with Crippen LogP contribution in [-0.2, 0) is 11.3 Å². The summed E-state index contributed by atoms with van der Waals surface area (Å²) in [6.45, 7) is 0.830. The zero-order valence-corrected chi connectivity index (χ0v) is 8.07. The number of amides is 1. The lowest BCUT2D eigenvalue weighted by Gasteiger charge is -2.28. The lowest BCUT2D eigenvalue weighted by Crippen LogP contribution is -2.39. The summed E-state index contributed by atoms with van der Waals surface area (Å²) in [6, 6.07) is 4.26. The molecule has 0 spiro atoms. The minimum atomic E-state index is -0.431. The second-order valence-corrected chi connectivity index (χ2v) is 3.27. The van der Waals surface area contributed by atoms with Crippen molar-refractivity contribution in [2.45, 2.75) is 6.61 Å². The van der Waals surface area contributed by atoms with Crippen LogP contribution in [0.5, 0.6) is 0 Å². The molecule has 2 rings (SSSR count). The molecular formula is C10H11FN2O2. The topological polar surface area (TPSA) is 55.6 Å². The minimum Gasteiger partial charge on any atom is -0.444 e.